The van der Waals surface area contributed by atoms with Crippen molar-refractivity contribution in [3.8, 4) is 0 Å². The number of sulfonamides is 1. The first-order valence-corrected chi connectivity index (χ1v) is 13.2. The van der Waals surface area contributed by atoms with Crippen molar-refractivity contribution in [1.82, 2.24) is 15.1 Å². The summed E-state index contributed by atoms with van der Waals surface area (Å²) in [4.78, 5) is 17.8. The summed E-state index contributed by atoms with van der Waals surface area (Å²) in [5.74, 6) is 0.357. The van der Waals surface area contributed by atoms with Crippen LogP contribution in [0.4, 0.5) is 0 Å². The van der Waals surface area contributed by atoms with Crippen LogP contribution in [0.1, 0.15) is 42.9 Å². The summed E-state index contributed by atoms with van der Waals surface area (Å²) in [6, 6.07) is 15.3. The van der Waals surface area contributed by atoms with Crippen LogP contribution in [0.2, 0.25) is 0 Å². The molecular formula is C25H30N4O3S. The second-order valence-corrected chi connectivity index (χ2v) is 10.6. The predicted octanol–water partition coefficient (Wildman–Crippen LogP) is 2.55. The van der Waals surface area contributed by atoms with Crippen LogP contribution >= 0.6 is 0 Å². The average Bonchev–Trinajstić information content (AvgIpc) is 3.42. The van der Waals surface area contributed by atoms with Gasteiger partial charge in [0.15, 0.2) is 5.84 Å². The zero-order valence-electron chi connectivity index (χ0n) is 18.9. The number of carbonyl (C=O) groups excluding carboxylic acids is 1. The SMILES string of the molecule is CCC(CNC(=O)[C@@H]1CCCN1C1=NS(=O)(=O)c2ccccc21)N1CCc2ccccc2C1. The Morgan fingerprint density at radius 2 is 1.88 bits per heavy atom. The van der Waals surface area contributed by atoms with Gasteiger partial charge in [-0.15, -0.1) is 4.40 Å². The van der Waals surface area contributed by atoms with Gasteiger partial charge in [0.2, 0.25) is 5.91 Å². The number of nitrogens with zero attached hydrogens (tertiary/aromatic N) is 3. The lowest BCUT2D eigenvalue weighted by Crippen LogP contribution is -2.50. The summed E-state index contributed by atoms with van der Waals surface area (Å²) in [6.07, 6.45) is 3.51. The fourth-order valence-electron chi connectivity index (χ4n) is 5.29. The zero-order chi connectivity index (χ0) is 23.0. The number of amides is 1. The molecule has 0 aromatic heterocycles. The van der Waals surface area contributed by atoms with Crippen molar-refractivity contribution in [3.63, 3.8) is 0 Å². The Balaban J connectivity index is 1.26. The van der Waals surface area contributed by atoms with Gasteiger partial charge in [0.05, 0.1) is 0 Å². The van der Waals surface area contributed by atoms with Crippen LogP contribution in [0.15, 0.2) is 57.8 Å². The maximum absolute atomic E-state index is 13.2. The van der Waals surface area contributed by atoms with Gasteiger partial charge >= 0.3 is 0 Å². The number of fused-ring (bicyclic) bond motifs is 2. The van der Waals surface area contributed by atoms with E-state index < -0.39 is 16.1 Å². The van der Waals surface area contributed by atoms with E-state index in [1.165, 1.54) is 11.1 Å². The normalized spacial score (nSPS) is 22.4. The molecule has 0 saturated carbocycles. The average molecular weight is 467 g/mol. The molecule has 0 bridgehead atoms. The summed E-state index contributed by atoms with van der Waals surface area (Å²) in [5.41, 5.74) is 3.38. The van der Waals surface area contributed by atoms with E-state index in [-0.39, 0.29) is 16.8 Å². The highest BCUT2D eigenvalue weighted by molar-refractivity contribution is 7.90. The van der Waals surface area contributed by atoms with Crippen molar-refractivity contribution in [1.29, 1.82) is 0 Å². The minimum Gasteiger partial charge on any atom is -0.353 e. The van der Waals surface area contributed by atoms with Gasteiger partial charge < -0.3 is 10.2 Å². The van der Waals surface area contributed by atoms with Gasteiger partial charge in [-0.25, -0.2) is 0 Å². The third-order valence-electron chi connectivity index (χ3n) is 7.10. The smallest absolute Gasteiger partial charge is 0.285 e. The Labute approximate surface area is 195 Å². The molecule has 7 nitrogen and oxygen atoms in total. The quantitative estimate of drug-likeness (QED) is 0.732. The minimum absolute atomic E-state index is 0.0483. The lowest BCUT2D eigenvalue weighted by molar-refractivity contribution is -0.124. The molecule has 0 aliphatic carbocycles. The summed E-state index contributed by atoms with van der Waals surface area (Å²) < 4.78 is 29.0. The van der Waals surface area contributed by atoms with Crippen molar-refractivity contribution in [2.45, 2.75) is 56.1 Å². The Kier molecular flexibility index (Phi) is 5.97. The van der Waals surface area contributed by atoms with Gasteiger partial charge in [-0.2, -0.15) is 8.42 Å². The number of nitrogens with one attached hydrogen (secondary N) is 1. The third kappa shape index (κ3) is 4.17. The fraction of sp³-hybridized carbons (Fsp3) is 0.440. The molecule has 1 unspecified atom stereocenters. The number of hydrogen-bond acceptors (Lipinski definition) is 5. The maximum Gasteiger partial charge on any atom is 0.285 e. The number of amidine groups is 1. The molecule has 2 aromatic carbocycles. The number of carbonyl (C=O) groups is 1. The van der Waals surface area contributed by atoms with Crippen LogP contribution < -0.4 is 5.32 Å². The van der Waals surface area contributed by atoms with Crippen LogP contribution in [0, 0.1) is 0 Å². The van der Waals surface area contributed by atoms with Crippen molar-refractivity contribution in [2.75, 3.05) is 19.6 Å². The lowest BCUT2D eigenvalue weighted by atomic mass is 9.98. The van der Waals surface area contributed by atoms with Crippen LogP contribution in [0.3, 0.4) is 0 Å². The highest BCUT2D eigenvalue weighted by Crippen LogP contribution is 2.31. The van der Waals surface area contributed by atoms with Gasteiger partial charge in [-0.05, 0) is 48.9 Å². The highest BCUT2D eigenvalue weighted by Gasteiger charge is 2.39. The second kappa shape index (κ2) is 8.91. The van der Waals surface area contributed by atoms with Crippen molar-refractivity contribution >= 4 is 21.8 Å². The Bertz CT molecular complexity index is 1190. The van der Waals surface area contributed by atoms with E-state index in [1.54, 1.807) is 18.2 Å². The summed E-state index contributed by atoms with van der Waals surface area (Å²) in [7, 11) is -3.70. The predicted molar refractivity (Wildman–Crippen MR) is 128 cm³/mol. The Hall–Kier alpha value is -2.71. The number of likely N-dealkylation sites (tertiary alicyclic amines) is 1. The van der Waals surface area contributed by atoms with Crippen LogP contribution in [0.5, 0.6) is 0 Å². The van der Waals surface area contributed by atoms with E-state index in [1.807, 2.05) is 11.0 Å². The van der Waals surface area contributed by atoms with Crippen molar-refractivity contribution < 1.29 is 13.2 Å². The molecule has 3 aliphatic heterocycles. The molecule has 33 heavy (non-hydrogen) atoms. The molecule has 0 radical (unpaired) electrons. The highest BCUT2D eigenvalue weighted by atomic mass is 32.2. The first kappa shape index (κ1) is 22.1. The Morgan fingerprint density at radius 3 is 2.70 bits per heavy atom. The standard InChI is InChI=1S/C25H30N4O3S/c1-2-20(28-15-13-18-8-3-4-9-19(18)17-28)16-26-25(30)22-11-7-14-29(22)24-21-10-5-6-12-23(21)33(31,32)27-24/h3-6,8-10,12,20,22H,2,7,11,13-17H2,1H3,(H,26,30)/t20?,22-/m0/s1. The molecule has 2 atom stereocenters. The fourth-order valence-corrected chi connectivity index (χ4v) is 6.50. The molecule has 1 fully saturated rings. The molecule has 5 rings (SSSR count). The molecule has 3 aliphatic rings. The van der Waals surface area contributed by atoms with Gasteiger partial charge in [0.25, 0.3) is 10.0 Å². The largest absolute Gasteiger partial charge is 0.353 e. The van der Waals surface area contributed by atoms with Gasteiger partial charge in [-0.1, -0.05) is 43.3 Å². The molecule has 3 heterocycles. The Morgan fingerprint density at radius 1 is 1.12 bits per heavy atom. The molecule has 1 amide bonds. The van der Waals surface area contributed by atoms with Crippen molar-refractivity contribution in [2.24, 2.45) is 4.40 Å². The second-order valence-electron chi connectivity index (χ2n) is 9.03. The first-order chi connectivity index (χ1) is 16.0. The lowest BCUT2D eigenvalue weighted by Gasteiger charge is -2.35. The molecule has 0 spiro atoms. The van der Waals surface area contributed by atoms with Gasteiger partial charge in [0, 0.05) is 37.8 Å². The zero-order valence-corrected chi connectivity index (χ0v) is 19.7. The van der Waals surface area contributed by atoms with E-state index in [9.17, 15) is 13.2 Å². The van der Waals surface area contributed by atoms with Crippen LogP contribution in [0.25, 0.3) is 0 Å². The molecule has 2 aromatic rings. The number of hydrogen-bond donors (Lipinski definition) is 1. The summed E-state index contributed by atoms with van der Waals surface area (Å²) in [6.45, 7) is 5.27. The molecule has 174 valence electrons. The van der Waals surface area contributed by atoms with Gasteiger partial charge in [0.1, 0.15) is 10.9 Å². The van der Waals surface area contributed by atoms with Crippen molar-refractivity contribution in [3.05, 3.63) is 65.2 Å². The summed E-state index contributed by atoms with van der Waals surface area (Å²) >= 11 is 0. The molecule has 8 heteroatoms. The number of benzene rings is 2. The van der Waals surface area contributed by atoms with E-state index in [4.69, 9.17) is 0 Å². The number of rotatable bonds is 5. The van der Waals surface area contributed by atoms with E-state index in [2.05, 4.69) is 45.8 Å². The van der Waals surface area contributed by atoms with E-state index >= 15 is 0 Å². The minimum atomic E-state index is -3.70. The van der Waals surface area contributed by atoms with E-state index in [0.717, 1.165) is 32.4 Å². The van der Waals surface area contributed by atoms with Crippen LogP contribution in [-0.2, 0) is 27.8 Å². The van der Waals surface area contributed by atoms with Gasteiger partial charge in [-0.3, -0.25) is 9.69 Å². The monoisotopic (exact) mass is 466 g/mol. The maximum atomic E-state index is 13.2. The van der Waals surface area contributed by atoms with Crippen LogP contribution in [-0.4, -0.2) is 61.7 Å². The molecular weight excluding hydrogens is 436 g/mol. The molecule has 1 saturated heterocycles. The third-order valence-corrected chi connectivity index (χ3v) is 8.42. The summed E-state index contributed by atoms with van der Waals surface area (Å²) in [5, 5.41) is 3.17. The topological polar surface area (TPSA) is 82.1 Å². The van der Waals surface area contributed by atoms with E-state index in [0.29, 0.717) is 30.9 Å². The molecule has 1 N–H and O–H groups in total. The first-order valence-electron chi connectivity index (χ1n) is 11.8.